The van der Waals surface area contributed by atoms with E-state index in [-0.39, 0.29) is 0 Å². The number of benzene rings is 1. The number of hydrogen-bond donors (Lipinski definition) is 2. The first kappa shape index (κ1) is 14.0. The number of nitrogens with zero attached hydrogens (tertiary/aromatic N) is 1. The van der Waals surface area contributed by atoms with Crippen LogP contribution in [0.2, 0.25) is 0 Å². The lowest BCUT2D eigenvalue weighted by Gasteiger charge is -2.27. The molecule has 0 radical (unpaired) electrons. The van der Waals surface area contributed by atoms with Crippen LogP contribution in [0.25, 0.3) is 0 Å². The molecule has 0 spiro atoms. The van der Waals surface area contributed by atoms with Gasteiger partial charge in [0.25, 0.3) is 5.91 Å². The van der Waals surface area contributed by atoms with Crippen LogP contribution in [0.4, 0.5) is 5.69 Å². The van der Waals surface area contributed by atoms with E-state index in [1.807, 2.05) is 6.92 Å². The number of carboxylic acid groups (broad SMARTS) is 1. The number of carbonyl (C=O) groups is 2. The lowest BCUT2D eigenvalue weighted by molar-refractivity contribution is -0.138. The zero-order chi connectivity index (χ0) is 13.9. The van der Waals surface area contributed by atoms with Gasteiger partial charge in [-0.1, -0.05) is 13.0 Å². The largest absolute Gasteiger partial charge is 0.480 e. The maximum atomic E-state index is 11.4. The number of likely N-dealkylation sites (N-methyl/N-ethyl adjacent to an activating group) is 1. The number of primary amides is 1. The van der Waals surface area contributed by atoms with E-state index in [4.69, 9.17) is 10.8 Å². The van der Waals surface area contributed by atoms with E-state index >= 15 is 0 Å². The van der Waals surface area contributed by atoms with Gasteiger partial charge >= 0.3 is 5.97 Å². The molecule has 1 amide bonds. The number of aliphatic carboxylic acids is 1. The highest BCUT2D eigenvalue weighted by atomic mass is 16.4. The molecule has 0 fully saturated rings. The molecule has 5 nitrogen and oxygen atoms in total. The van der Waals surface area contributed by atoms with Crippen molar-refractivity contribution in [2.75, 3.05) is 11.9 Å². The van der Waals surface area contributed by atoms with Gasteiger partial charge in [-0.15, -0.1) is 0 Å². The summed E-state index contributed by atoms with van der Waals surface area (Å²) in [5.41, 5.74) is 7.14. The molecule has 3 N–H and O–H groups in total. The van der Waals surface area contributed by atoms with Crippen LogP contribution in [0.1, 0.15) is 29.3 Å². The molecule has 0 aliphatic heterocycles. The van der Waals surface area contributed by atoms with Gasteiger partial charge in [0.2, 0.25) is 0 Å². The molecule has 0 bridgehead atoms. The van der Waals surface area contributed by atoms with E-state index in [0.29, 0.717) is 17.7 Å². The maximum absolute atomic E-state index is 11.4. The summed E-state index contributed by atoms with van der Waals surface area (Å²) < 4.78 is 0. The van der Waals surface area contributed by atoms with Gasteiger partial charge in [-0.3, -0.25) is 4.79 Å². The summed E-state index contributed by atoms with van der Waals surface area (Å²) in [5, 5.41) is 9.15. The fourth-order valence-electron chi connectivity index (χ4n) is 1.92. The molecule has 1 aromatic rings. The molecule has 0 saturated heterocycles. The van der Waals surface area contributed by atoms with Crippen molar-refractivity contribution in [3.05, 3.63) is 29.3 Å². The van der Waals surface area contributed by atoms with Crippen LogP contribution in [-0.2, 0) is 4.79 Å². The monoisotopic (exact) mass is 250 g/mol. The van der Waals surface area contributed by atoms with E-state index in [1.54, 1.807) is 37.1 Å². The second-order valence-corrected chi connectivity index (χ2v) is 4.26. The molecule has 1 atom stereocenters. The Hall–Kier alpha value is -2.04. The molecule has 0 aliphatic rings. The first-order chi connectivity index (χ1) is 8.38. The number of carboxylic acids is 1. The number of anilines is 1. The predicted molar refractivity (Wildman–Crippen MR) is 69.8 cm³/mol. The molecule has 0 aromatic heterocycles. The fourth-order valence-corrected chi connectivity index (χ4v) is 1.92. The van der Waals surface area contributed by atoms with Crippen molar-refractivity contribution in [3.8, 4) is 0 Å². The second-order valence-electron chi connectivity index (χ2n) is 4.26. The van der Waals surface area contributed by atoms with E-state index in [9.17, 15) is 9.59 Å². The number of nitrogens with two attached hydrogens (primary N) is 1. The van der Waals surface area contributed by atoms with E-state index < -0.39 is 17.9 Å². The summed E-state index contributed by atoms with van der Waals surface area (Å²) in [7, 11) is 1.66. The molecule has 0 aliphatic carbocycles. The molecule has 98 valence electrons. The molecule has 0 saturated carbocycles. The Bertz CT molecular complexity index is 471. The highest BCUT2D eigenvalue weighted by Gasteiger charge is 2.23. The lowest BCUT2D eigenvalue weighted by Crippen LogP contribution is -2.39. The molecule has 18 heavy (non-hydrogen) atoms. The summed E-state index contributed by atoms with van der Waals surface area (Å²) >= 11 is 0. The van der Waals surface area contributed by atoms with Crippen molar-refractivity contribution in [3.63, 3.8) is 0 Å². The van der Waals surface area contributed by atoms with Gasteiger partial charge < -0.3 is 15.7 Å². The van der Waals surface area contributed by atoms with Gasteiger partial charge in [0.05, 0.1) is 11.3 Å². The van der Waals surface area contributed by atoms with E-state index in [2.05, 4.69) is 0 Å². The van der Waals surface area contributed by atoms with Crippen LogP contribution < -0.4 is 10.6 Å². The minimum atomic E-state index is -0.920. The Labute approximate surface area is 106 Å². The average molecular weight is 250 g/mol. The van der Waals surface area contributed by atoms with Crippen LogP contribution >= 0.6 is 0 Å². The number of hydrogen-bond acceptors (Lipinski definition) is 3. The average Bonchev–Trinajstić information content (AvgIpc) is 2.28. The molecule has 1 unspecified atom stereocenters. The third kappa shape index (κ3) is 2.80. The lowest BCUT2D eigenvalue weighted by atomic mass is 10.1. The van der Waals surface area contributed by atoms with E-state index in [0.717, 1.165) is 5.56 Å². The molecule has 0 heterocycles. The number of aryl methyl sites for hydroxylation is 1. The Kier molecular flexibility index (Phi) is 4.31. The molecule has 5 heteroatoms. The first-order valence-corrected chi connectivity index (χ1v) is 5.74. The van der Waals surface area contributed by atoms with Gasteiger partial charge in [0.15, 0.2) is 0 Å². The summed E-state index contributed by atoms with van der Waals surface area (Å²) in [6.07, 6.45) is 0.442. The number of amides is 1. The highest BCUT2D eigenvalue weighted by Crippen LogP contribution is 2.23. The molecule has 1 rings (SSSR count). The highest BCUT2D eigenvalue weighted by molar-refractivity contribution is 5.99. The smallest absolute Gasteiger partial charge is 0.326 e. The van der Waals surface area contributed by atoms with Crippen molar-refractivity contribution in [1.29, 1.82) is 0 Å². The summed E-state index contributed by atoms with van der Waals surface area (Å²) in [6.45, 7) is 3.67. The van der Waals surface area contributed by atoms with Gasteiger partial charge in [-0.2, -0.15) is 0 Å². The van der Waals surface area contributed by atoms with Crippen LogP contribution in [0.5, 0.6) is 0 Å². The van der Waals surface area contributed by atoms with E-state index in [1.165, 1.54) is 0 Å². The number of carbonyl (C=O) groups excluding carboxylic acids is 1. The minimum absolute atomic E-state index is 0.336. The Morgan fingerprint density at radius 3 is 2.50 bits per heavy atom. The quantitative estimate of drug-likeness (QED) is 0.827. The van der Waals surface area contributed by atoms with Crippen LogP contribution in [0.15, 0.2) is 18.2 Å². The summed E-state index contributed by atoms with van der Waals surface area (Å²) in [4.78, 5) is 24.1. The normalized spacial score (nSPS) is 11.9. The maximum Gasteiger partial charge on any atom is 0.326 e. The third-order valence-corrected chi connectivity index (χ3v) is 2.94. The first-order valence-electron chi connectivity index (χ1n) is 5.74. The van der Waals surface area contributed by atoms with Crippen molar-refractivity contribution in [2.24, 2.45) is 5.73 Å². The fraction of sp³-hybridized carbons (Fsp3) is 0.385. The molecular weight excluding hydrogens is 232 g/mol. The molecule has 1 aromatic carbocycles. The predicted octanol–water partition coefficient (Wildman–Crippen LogP) is 1.39. The van der Waals surface area contributed by atoms with Crippen molar-refractivity contribution >= 4 is 17.6 Å². The third-order valence-electron chi connectivity index (χ3n) is 2.94. The van der Waals surface area contributed by atoms with Gasteiger partial charge in [0.1, 0.15) is 6.04 Å². The number of rotatable bonds is 5. The van der Waals surface area contributed by atoms with Crippen molar-refractivity contribution in [2.45, 2.75) is 26.3 Å². The van der Waals surface area contributed by atoms with Crippen LogP contribution in [-0.4, -0.2) is 30.1 Å². The molecular formula is C13H18N2O3. The standard InChI is InChI=1S/C13H18N2O3/c1-4-10(13(17)18)15(3)11-7-8(2)5-6-9(11)12(14)16/h5-7,10H,4H2,1-3H3,(H2,14,16)(H,17,18). The van der Waals surface area contributed by atoms with Crippen LogP contribution in [0.3, 0.4) is 0 Å². The Morgan fingerprint density at radius 2 is 2.06 bits per heavy atom. The SMILES string of the molecule is CCC(C(=O)O)N(C)c1cc(C)ccc1C(N)=O. The van der Waals surface area contributed by atoms with Crippen LogP contribution in [0, 0.1) is 6.92 Å². The zero-order valence-corrected chi connectivity index (χ0v) is 10.8. The van der Waals surface area contributed by atoms with Crippen molar-refractivity contribution < 1.29 is 14.7 Å². The van der Waals surface area contributed by atoms with Crippen molar-refractivity contribution in [1.82, 2.24) is 0 Å². The van der Waals surface area contributed by atoms with Gasteiger partial charge in [0, 0.05) is 7.05 Å². The topological polar surface area (TPSA) is 83.6 Å². The van der Waals surface area contributed by atoms with Gasteiger partial charge in [-0.25, -0.2) is 4.79 Å². The summed E-state index contributed by atoms with van der Waals surface area (Å²) in [5.74, 6) is -1.48. The zero-order valence-electron chi connectivity index (χ0n) is 10.8. The Morgan fingerprint density at radius 1 is 1.44 bits per heavy atom. The minimum Gasteiger partial charge on any atom is -0.480 e. The Balaban J connectivity index is 3.25. The summed E-state index contributed by atoms with van der Waals surface area (Å²) in [6, 6.07) is 4.49. The van der Waals surface area contributed by atoms with Gasteiger partial charge in [-0.05, 0) is 31.0 Å². The second kappa shape index (κ2) is 5.53.